The molecule has 0 aliphatic heterocycles. The quantitative estimate of drug-likeness (QED) is 0.457. The Kier molecular flexibility index (Phi) is 5.86. The number of rotatable bonds is 7. The SMILES string of the molecule is CCOc1ccccc1-c1nc(CC(=O)Oc2ccccc2OC)cs1. The van der Waals surface area contributed by atoms with E-state index < -0.39 is 0 Å². The van der Waals surface area contributed by atoms with Crippen LogP contribution < -0.4 is 14.2 Å². The summed E-state index contributed by atoms with van der Waals surface area (Å²) in [7, 11) is 1.54. The number of carbonyl (C=O) groups excluding carboxylic acids is 1. The van der Waals surface area contributed by atoms with Crippen LogP contribution in [0.2, 0.25) is 0 Å². The lowest BCUT2D eigenvalue weighted by atomic mass is 10.2. The molecule has 0 fully saturated rings. The maximum atomic E-state index is 12.2. The zero-order valence-corrected chi connectivity index (χ0v) is 15.4. The van der Waals surface area contributed by atoms with Crippen LogP contribution in [0.4, 0.5) is 0 Å². The third kappa shape index (κ3) is 4.21. The lowest BCUT2D eigenvalue weighted by Crippen LogP contribution is -2.12. The number of esters is 1. The number of thiazole rings is 1. The van der Waals surface area contributed by atoms with Crippen molar-refractivity contribution in [2.75, 3.05) is 13.7 Å². The number of nitrogens with zero attached hydrogens (tertiary/aromatic N) is 1. The van der Waals surface area contributed by atoms with Gasteiger partial charge in [-0.25, -0.2) is 4.98 Å². The van der Waals surface area contributed by atoms with Crippen molar-refractivity contribution in [1.82, 2.24) is 4.98 Å². The molecule has 5 nitrogen and oxygen atoms in total. The molecule has 0 aliphatic carbocycles. The highest BCUT2D eigenvalue weighted by atomic mass is 32.1. The highest BCUT2D eigenvalue weighted by Crippen LogP contribution is 2.32. The van der Waals surface area contributed by atoms with Gasteiger partial charge in [0, 0.05) is 5.38 Å². The minimum Gasteiger partial charge on any atom is -0.493 e. The first-order valence-electron chi connectivity index (χ1n) is 8.21. The monoisotopic (exact) mass is 369 g/mol. The smallest absolute Gasteiger partial charge is 0.317 e. The van der Waals surface area contributed by atoms with E-state index in [0.717, 1.165) is 16.3 Å². The van der Waals surface area contributed by atoms with Crippen LogP contribution in [0, 0.1) is 0 Å². The first kappa shape index (κ1) is 17.9. The number of hydrogen-bond donors (Lipinski definition) is 0. The van der Waals surface area contributed by atoms with Gasteiger partial charge < -0.3 is 14.2 Å². The first-order valence-corrected chi connectivity index (χ1v) is 9.09. The van der Waals surface area contributed by atoms with Crippen LogP contribution >= 0.6 is 11.3 Å². The number of aromatic nitrogens is 1. The lowest BCUT2D eigenvalue weighted by molar-refractivity contribution is -0.133. The molecule has 0 unspecified atom stereocenters. The van der Waals surface area contributed by atoms with Gasteiger partial charge >= 0.3 is 5.97 Å². The van der Waals surface area contributed by atoms with E-state index in [1.165, 1.54) is 18.4 Å². The number of hydrogen-bond acceptors (Lipinski definition) is 6. The fraction of sp³-hybridized carbons (Fsp3) is 0.200. The summed E-state index contributed by atoms with van der Waals surface area (Å²) in [4.78, 5) is 16.8. The fourth-order valence-electron chi connectivity index (χ4n) is 2.45. The summed E-state index contributed by atoms with van der Waals surface area (Å²) in [5, 5.41) is 2.68. The second-order valence-corrected chi connectivity index (χ2v) is 6.23. The Morgan fingerprint density at radius 3 is 2.46 bits per heavy atom. The lowest BCUT2D eigenvalue weighted by Gasteiger charge is -2.08. The maximum absolute atomic E-state index is 12.2. The molecule has 2 aromatic carbocycles. The van der Waals surface area contributed by atoms with Gasteiger partial charge in [-0.15, -0.1) is 11.3 Å². The van der Waals surface area contributed by atoms with Crippen molar-refractivity contribution in [2.45, 2.75) is 13.3 Å². The van der Waals surface area contributed by atoms with Crippen molar-refractivity contribution in [3.05, 3.63) is 59.6 Å². The number of carbonyl (C=O) groups is 1. The van der Waals surface area contributed by atoms with Crippen molar-refractivity contribution in [2.24, 2.45) is 0 Å². The molecule has 0 amide bonds. The van der Waals surface area contributed by atoms with Crippen LogP contribution in [0.15, 0.2) is 53.9 Å². The minimum absolute atomic E-state index is 0.0886. The zero-order valence-electron chi connectivity index (χ0n) is 14.6. The summed E-state index contributed by atoms with van der Waals surface area (Å²) in [6, 6.07) is 14.8. The van der Waals surface area contributed by atoms with Gasteiger partial charge in [0.25, 0.3) is 0 Å². The van der Waals surface area contributed by atoms with E-state index in [1.807, 2.05) is 42.6 Å². The number of benzene rings is 2. The molecule has 3 rings (SSSR count). The molecule has 0 saturated carbocycles. The summed E-state index contributed by atoms with van der Waals surface area (Å²) < 4.78 is 16.2. The Morgan fingerprint density at radius 1 is 1.04 bits per heavy atom. The molecule has 1 aromatic heterocycles. The van der Waals surface area contributed by atoms with E-state index in [4.69, 9.17) is 14.2 Å². The fourth-order valence-corrected chi connectivity index (χ4v) is 3.30. The Hall–Kier alpha value is -2.86. The van der Waals surface area contributed by atoms with Gasteiger partial charge in [-0.05, 0) is 31.2 Å². The molecule has 0 radical (unpaired) electrons. The standard InChI is InChI=1S/C20H19NO4S/c1-3-24-16-9-5-4-8-15(16)20-21-14(13-26-20)12-19(22)25-18-11-7-6-10-17(18)23-2/h4-11,13H,3,12H2,1-2H3. The van der Waals surface area contributed by atoms with Gasteiger partial charge in [0.15, 0.2) is 11.5 Å². The van der Waals surface area contributed by atoms with E-state index in [1.54, 1.807) is 18.2 Å². The molecule has 134 valence electrons. The van der Waals surface area contributed by atoms with Gasteiger partial charge in [0.1, 0.15) is 10.8 Å². The van der Waals surface area contributed by atoms with E-state index in [0.29, 0.717) is 23.8 Å². The Morgan fingerprint density at radius 2 is 1.73 bits per heavy atom. The van der Waals surface area contributed by atoms with E-state index in [-0.39, 0.29) is 12.4 Å². The van der Waals surface area contributed by atoms with Gasteiger partial charge in [0.2, 0.25) is 0 Å². The zero-order chi connectivity index (χ0) is 18.4. The Balaban J connectivity index is 1.72. The highest BCUT2D eigenvalue weighted by Gasteiger charge is 2.14. The van der Waals surface area contributed by atoms with Crippen LogP contribution in [-0.4, -0.2) is 24.7 Å². The maximum Gasteiger partial charge on any atom is 0.317 e. The van der Waals surface area contributed by atoms with Gasteiger partial charge in [-0.3, -0.25) is 4.79 Å². The number of ether oxygens (including phenoxy) is 3. The molecule has 6 heteroatoms. The molecular formula is C20H19NO4S. The topological polar surface area (TPSA) is 57.7 Å². The summed E-state index contributed by atoms with van der Waals surface area (Å²) in [6.07, 6.45) is 0.0886. The van der Waals surface area contributed by atoms with Gasteiger partial charge in [-0.1, -0.05) is 24.3 Å². The predicted molar refractivity (Wildman–Crippen MR) is 101 cm³/mol. The average Bonchev–Trinajstić information content (AvgIpc) is 3.11. The molecule has 26 heavy (non-hydrogen) atoms. The summed E-state index contributed by atoms with van der Waals surface area (Å²) in [5.74, 6) is 1.32. The van der Waals surface area contributed by atoms with Crippen molar-refractivity contribution in [1.29, 1.82) is 0 Å². The van der Waals surface area contributed by atoms with Crippen LogP contribution in [0.5, 0.6) is 17.2 Å². The minimum atomic E-state index is -0.385. The Bertz CT molecular complexity index is 891. The summed E-state index contributed by atoms with van der Waals surface area (Å²) >= 11 is 1.48. The van der Waals surface area contributed by atoms with Crippen LogP contribution in [0.1, 0.15) is 12.6 Å². The third-order valence-corrected chi connectivity index (χ3v) is 4.51. The van der Waals surface area contributed by atoms with Gasteiger partial charge in [0.05, 0.1) is 31.4 Å². The van der Waals surface area contributed by atoms with E-state index in [2.05, 4.69) is 4.98 Å². The molecule has 1 heterocycles. The Labute approximate surface area is 156 Å². The van der Waals surface area contributed by atoms with Crippen molar-refractivity contribution in [3.63, 3.8) is 0 Å². The summed E-state index contributed by atoms with van der Waals surface area (Å²) in [6.45, 7) is 2.53. The van der Waals surface area contributed by atoms with Crippen LogP contribution in [-0.2, 0) is 11.2 Å². The van der Waals surface area contributed by atoms with E-state index in [9.17, 15) is 4.79 Å². The normalized spacial score (nSPS) is 10.4. The molecule has 0 atom stereocenters. The molecule has 0 spiro atoms. The highest BCUT2D eigenvalue weighted by molar-refractivity contribution is 7.13. The molecule has 0 N–H and O–H groups in total. The number of methoxy groups -OCH3 is 1. The van der Waals surface area contributed by atoms with Crippen LogP contribution in [0.3, 0.4) is 0 Å². The summed E-state index contributed by atoms with van der Waals surface area (Å²) in [5.41, 5.74) is 1.58. The van der Waals surface area contributed by atoms with Crippen molar-refractivity contribution >= 4 is 17.3 Å². The average molecular weight is 369 g/mol. The van der Waals surface area contributed by atoms with E-state index >= 15 is 0 Å². The second kappa shape index (κ2) is 8.49. The second-order valence-electron chi connectivity index (χ2n) is 5.37. The molecule has 0 saturated heterocycles. The molecule has 0 bridgehead atoms. The predicted octanol–water partition coefficient (Wildman–Crippen LogP) is 4.37. The molecule has 3 aromatic rings. The van der Waals surface area contributed by atoms with Gasteiger partial charge in [-0.2, -0.15) is 0 Å². The van der Waals surface area contributed by atoms with Crippen molar-refractivity contribution < 1.29 is 19.0 Å². The molecule has 0 aliphatic rings. The van der Waals surface area contributed by atoms with Crippen LogP contribution in [0.25, 0.3) is 10.6 Å². The van der Waals surface area contributed by atoms with Crippen molar-refractivity contribution in [3.8, 4) is 27.8 Å². The molecular weight excluding hydrogens is 350 g/mol. The first-order chi connectivity index (χ1) is 12.7. The third-order valence-electron chi connectivity index (χ3n) is 3.59. The number of para-hydroxylation sites is 3. The largest absolute Gasteiger partial charge is 0.493 e.